The second-order valence-electron chi connectivity index (χ2n) is 6.67. The number of amides is 1. The maximum absolute atomic E-state index is 12.4. The minimum Gasteiger partial charge on any atom is -0.388 e. The molecular weight excluding hydrogens is 262 g/mol. The van der Waals surface area contributed by atoms with Crippen molar-refractivity contribution in [2.45, 2.75) is 52.1 Å². The third kappa shape index (κ3) is 4.07. The Bertz CT molecular complexity index is 450. The van der Waals surface area contributed by atoms with Gasteiger partial charge in [-0.2, -0.15) is 0 Å². The fourth-order valence-electron chi connectivity index (χ4n) is 3.22. The van der Waals surface area contributed by atoms with E-state index in [2.05, 4.69) is 5.32 Å². The number of carbonyl (C=O) groups excluding carboxylic acids is 1. The van der Waals surface area contributed by atoms with E-state index in [1.54, 1.807) is 0 Å². The Morgan fingerprint density at radius 3 is 2.52 bits per heavy atom. The van der Waals surface area contributed by atoms with E-state index in [-0.39, 0.29) is 11.3 Å². The van der Waals surface area contributed by atoms with Gasteiger partial charge in [-0.15, -0.1) is 0 Å². The zero-order valence-electron chi connectivity index (χ0n) is 13.1. The van der Waals surface area contributed by atoms with Crippen molar-refractivity contribution in [3.05, 3.63) is 35.9 Å². The van der Waals surface area contributed by atoms with E-state index in [0.29, 0.717) is 18.9 Å². The molecule has 0 radical (unpaired) electrons. The van der Waals surface area contributed by atoms with E-state index in [0.717, 1.165) is 18.4 Å². The Balaban J connectivity index is 1.78. The maximum atomic E-state index is 12.4. The van der Waals surface area contributed by atoms with Gasteiger partial charge in [0.2, 0.25) is 5.91 Å². The van der Waals surface area contributed by atoms with Crippen LogP contribution in [0.2, 0.25) is 0 Å². The smallest absolute Gasteiger partial charge is 0.225 e. The highest BCUT2D eigenvalue weighted by Crippen LogP contribution is 2.39. The molecule has 3 nitrogen and oxygen atoms in total. The van der Waals surface area contributed by atoms with Crippen LogP contribution in [0.1, 0.15) is 57.6 Å². The number of hydrogen-bond acceptors (Lipinski definition) is 2. The van der Waals surface area contributed by atoms with Crippen LogP contribution in [0.15, 0.2) is 30.3 Å². The zero-order valence-corrected chi connectivity index (χ0v) is 13.1. The molecule has 1 aromatic rings. The lowest BCUT2D eigenvalue weighted by atomic mass is 9.77. The van der Waals surface area contributed by atoms with E-state index in [9.17, 15) is 9.90 Å². The summed E-state index contributed by atoms with van der Waals surface area (Å²) < 4.78 is 0. The van der Waals surface area contributed by atoms with E-state index >= 15 is 0 Å². The van der Waals surface area contributed by atoms with Gasteiger partial charge in [-0.3, -0.25) is 4.79 Å². The summed E-state index contributed by atoms with van der Waals surface area (Å²) in [7, 11) is 0. The van der Waals surface area contributed by atoms with Crippen LogP contribution in [-0.4, -0.2) is 17.6 Å². The Labute approximate surface area is 127 Å². The summed E-state index contributed by atoms with van der Waals surface area (Å²) in [5, 5.41) is 13.1. The first-order valence-electron chi connectivity index (χ1n) is 8.03. The molecule has 0 aliphatic heterocycles. The number of rotatable bonds is 6. The van der Waals surface area contributed by atoms with Gasteiger partial charge in [0.05, 0.1) is 6.10 Å². The van der Waals surface area contributed by atoms with E-state index in [1.165, 1.54) is 12.8 Å². The van der Waals surface area contributed by atoms with Crippen LogP contribution in [0, 0.1) is 11.3 Å². The van der Waals surface area contributed by atoms with Gasteiger partial charge in [0.25, 0.3) is 0 Å². The zero-order chi connectivity index (χ0) is 15.3. The van der Waals surface area contributed by atoms with Crippen molar-refractivity contribution in [2.75, 3.05) is 6.54 Å². The van der Waals surface area contributed by atoms with Crippen LogP contribution in [-0.2, 0) is 4.79 Å². The van der Waals surface area contributed by atoms with Crippen LogP contribution >= 0.6 is 0 Å². The number of aliphatic hydroxyl groups excluding tert-OH is 1. The molecule has 21 heavy (non-hydrogen) atoms. The quantitative estimate of drug-likeness (QED) is 0.843. The molecule has 2 N–H and O–H groups in total. The number of nitrogens with one attached hydrogen (secondary N) is 1. The minimum absolute atomic E-state index is 0.120. The molecule has 1 aliphatic rings. The summed E-state index contributed by atoms with van der Waals surface area (Å²) in [5.74, 6) is 0.617. The molecule has 1 unspecified atom stereocenters. The van der Waals surface area contributed by atoms with E-state index < -0.39 is 6.10 Å². The second kappa shape index (κ2) is 7.08. The molecule has 3 heteroatoms. The molecule has 1 atom stereocenters. The van der Waals surface area contributed by atoms with Gasteiger partial charge in [-0.05, 0) is 30.7 Å². The normalized spacial score (nSPS) is 17.7. The van der Waals surface area contributed by atoms with Crippen LogP contribution in [0.5, 0.6) is 0 Å². The van der Waals surface area contributed by atoms with Gasteiger partial charge in [-0.25, -0.2) is 0 Å². The molecule has 1 saturated carbocycles. The fraction of sp³-hybridized carbons (Fsp3) is 0.611. The van der Waals surface area contributed by atoms with Crippen LogP contribution < -0.4 is 5.32 Å². The summed E-state index contributed by atoms with van der Waals surface area (Å²) >= 11 is 0. The lowest BCUT2D eigenvalue weighted by molar-refractivity contribution is -0.132. The molecule has 0 aromatic heterocycles. The summed E-state index contributed by atoms with van der Waals surface area (Å²) in [6.07, 6.45) is 4.85. The highest BCUT2D eigenvalue weighted by atomic mass is 16.3. The summed E-state index contributed by atoms with van der Waals surface area (Å²) in [6, 6.07) is 9.59. The molecule has 2 rings (SSSR count). The number of carbonyl (C=O) groups is 1. The lowest BCUT2D eigenvalue weighted by Gasteiger charge is -2.30. The number of aliphatic hydroxyl groups is 1. The van der Waals surface area contributed by atoms with Crippen molar-refractivity contribution in [2.24, 2.45) is 11.3 Å². The van der Waals surface area contributed by atoms with Gasteiger partial charge in [0, 0.05) is 12.0 Å². The standard InChI is InChI=1S/C18H27NO2/c1-18(2,15-10-6-7-11-15)17(21)19-13-12-16(20)14-8-4-3-5-9-14/h3-5,8-9,15-16,20H,6-7,10-13H2,1-2H3,(H,19,21). The molecule has 0 spiro atoms. The highest BCUT2D eigenvalue weighted by Gasteiger charge is 2.37. The summed E-state index contributed by atoms with van der Waals surface area (Å²) in [5.41, 5.74) is 0.607. The highest BCUT2D eigenvalue weighted by molar-refractivity contribution is 5.82. The third-order valence-electron chi connectivity index (χ3n) is 4.85. The van der Waals surface area contributed by atoms with Gasteiger partial charge < -0.3 is 10.4 Å². The molecule has 1 aromatic carbocycles. The Morgan fingerprint density at radius 2 is 1.90 bits per heavy atom. The maximum Gasteiger partial charge on any atom is 0.225 e. The largest absolute Gasteiger partial charge is 0.388 e. The van der Waals surface area contributed by atoms with Gasteiger partial charge in [0.1, 0.15) is 0 Å². The van der Waals surface area contributed by atoms with E-state index in [1.807, 2.05) is 44.2 Å². The van der Waals surface area contributed by atoms with Crippen molar-refractivity contribution >= 4 is 5.91 Å². The molecule has 0 bridgehead atoms. The molecule has 0 saturated heterocycles. The first-order valence-corrected chi connectivity index (χ1v) is 8.03. The monoisotopic (exact) mass is 289 g/mol. The van der Waals surface area contributed by atoms with Crippen LogP contribution in [0.25, 0.3) is 0 Å². The Kier molecular flexibility index (Phi) is 5.40. The Morgan fingerprint density at radius 1 is 1.29 bits per heavy atom. The predicted molar refractivity (Wildman–Crippen MR) is 84.8 cm³/mol. The van der Waals surface area contributed by atoms with Gasteiger partial charge >= 0.3 is 0 Å². The summed E-state index contributed by atoms with van der Waals surface area (Å²) in [4.78, 5) is 12.4. The predicted octanol–water partition coefficient (Wildman–Crippen LogP) is 3.44. The minimum atomic E-state index is -0.513. The summed E-state index contributed by atoms with van der Waals surface area (Å²) in [6.45, 7) is 4.61. The Hall–Kier alpha value is -1.35. The molecule has 0 heterocycles. The van der Waals surface area contributed by atoms with Crippen molar-refractivity contribution in [3.63, 3.8) is 0 Å². The van der Waals surface area contributed by atoms with Crippen LogP contribution in [0.3, 0.4) is 0 Å². The molecule has 1 fully saturated rings. The first kappa shape index (κ1) is 16.0. The van der Waals surface area contributed by atoms with Gasteiger partial charge in [0.15, 0.2) is 0 Å². The average molecular weight is 289 g/mol. The topological polar surface area (TPSA) is 49.3 Å². The van der Waals surface area contributed by atoms with E-state index in [4.69, 9.17) is 0 Å². The van der Waals surface area contributed by atoms with Crippen molar-refractivity contribution in [1.29, 1.82) is 0 Å². The van der Waals surface area contributed by atoms with Crippen molar-refractivity contribution in [1.82, 2.24) is 5.32 Å². The molecule has 1 amide bonds. The number of hydrogen-bond donors (Lipinski definition) is 2. The number of benzene rings is 1. The molecule has 1 aliphatic carbocycles. The molecule has 116 valence electrons. The average Bonchev–Trinajstić information content (AvgIpc) is 3.02. The first-order chi connectivity index (χ1) is 10.0. The van der Waals surface area contributed by atoms with Crippen molar-refractivity contribution < 1.29 is 9.90 Å². The van der Waals surface area contributed by atoms with Crippen molar-refractivity contribution in [3.8, 4) is 0 Å². The third-order valence-corrected chi connectivity index (χ3v) is 4.85. The SMILES string of the molecule is CC(C)(C(=O)NCCC(O)c1ccccc1)C1CCCC1. The molecular formula is C18H27NO2. The van der Waals surface area contributed by atoms with Crippen LogP contribution in [0.4, 0.5) is 0 Å². The lowest BCUT2D eigenvalue weighted by Crippen LogP contribution is -2.41. The fourth-order valence-corrected chi connectivity index (χ4v) is 3.22. The second-order valence-corrected chi connectivity index (χ2v) is 6.67. The van der Waals surface area contributed by atoms with Gasteiger partial charge in [-0.1, -0.05) is 57.0 Å².